The van der Waals surface area contributed by atoms with Crippen LogP contribution in [-0.2, 0) is 22.7 Å². The van der Waals surface area contributed by atoms with Gasteiger partial charge >= 0.3 is 0 Å². The topological polar surface area (TPSA) is 81.8 Å². The van der Waals surface area contributed by atoms with Crippen molar-refractivity contribution in [2.24, 2.45) is 0 Å². The van der Waals surface area contributed by atoms with Gasteiger partial charge in [-0.1, -0.05) is 24.6 Å². The summed E-state index contributed by atoms with van der Waals surface area (Å²) in [5, 5.41) is 6.14. The zero-order valence-corrected chi connectivity index (χ0v) is 17.4. The molecule has 0 aromatic heterocycles. The SMILES string of the molecule is O=C1CCC(N2Cc3cccc(CN4CCC5(CCCCN5)CC4)c3C2=O)C(=O)N1. The lowest BCUT2D eigenvalue weighted by molar-refractivity contribution is -0.136. The number of fused-ring (bicyclic) bond motifs is 1. The number of carbonyl (C=O) groups is 3. The third kappa shape index (κ3) is 3.54. The summed E-state index contributed by atoms with van der Waals surface area (Å²) in [7, 11) is 0. The average Bonchev–Trinajstić information content (AvgIpc) is 3.08. The first-order valence-electron chi connectivity index (χ1n) is 11.3. The minimum Gasteiger partial charge on any atom is -0.322 e. The molecule has 4 heterocycles. The third-order valence-corrected chi connectivity index (χ3v) is 7.43. The number of nitrogens with one attached hydrogen (secondary N) is 2. The van der Waals surface area contributed by atoms with E-state index in [1.807, 2.05) is 18.2 Å². The molecule has 3 saturated heterocycles. The number of benzene rings is 1. The largest absolute Gasteiger partial charge is 0.322 e. The van der Waals surface area contributed by atoms with Gasteiger partial charge in [-0.05, 0) is 49.8 Å². The van der Waals surface area contributed by atoms with E-state index in [1.165, 1.54) is 32.1 Å². The summed E-state index contributed by atoms with van der Waals surface area (Å²) in [6.07, 6.45) is 6.91. The van der Waals surface area contributed by atoms with Gasteiger partial charge in [-0.15, -0.1) is 0 Å². The predicted octanol–water partition coefficient (Wildman–Crippen LogP) is 1.56. The molecular weight excluding hydrogens is 380 g/mol. The molecule has 7 nitrogen and oxygen atoms in total. The molecule has 30 heavy (non-hydrogen) atoms. The highest BCUT2D eigenvalue weighted by atomic mass is 16.2. The van der Waals surface area contributed by atoms with Gasteiger partial charge < -0.3 is 10.2 Å². The minimum absolute atomic E-state index is 0.0717. The van der Waals surface area contributed by atoms with E-state index in [0.29, 0.717) is 18.5 Å². The second-order valence-electron chi connectivity index (χ2n) is 9.29. The van der Waals surface area contributed by atoms with Crippen molar-refractivity contribution in [3.05, 3.63) is 34.9 Å². The van der Waals surface area contributed by atoms with E-state index in [-0.39, 0.29) is 24.1 Å². The smallest absolute Gasteiger partial charge is 0.255 e. The van der Waals surface area contributed by atoms with Gasteiger partial charge in [-0.3, -0.25) is 24.6 Å². The lowest BCUT2D eigenvalue weighted by Crippen LogP contribution is -2.55. The zero-order chi connectivity index (χ0) is 20.7. The van der Waals surface area contributed by atoms with Crippen LogP contribution in [0.25, 0.3) is 0 Å². The summed E-state index contributed by atoms with van der Waals surface area (Å²) < 4.78 is 0. The van der Waals surface area contributed by atoms with E-state index >= 15 is 0 Å². The van der Waals surface area contributed by atoms with Crippen LogP contribution in [0.1, 0.15) is 66.4 Å². The molecule has 0 radical (unpaired) electrons. The molecule has 1 aromatic carbocycles. The second-order valence-corrected chi connectivity index (χ2v) is 9.29. The van der Waals surface area contributed by atoms with Gasteiger partial charge in [0, 0.05) is 43.7 Å². The Hall–Kier alpha value is -2.25. The number of rotatable bonds is 3. The van der Waals surface area contributed by atoms with Crippen molar-refractivity contribution in [2.45, 2.75) is 69.6 Å². The fourth-order valence-corrected chi connectivity index (χ4v) is 5.66. The molecule has 5 rings (SSSR count). The molecule has 7 heteroatoms. The number of likely N-dealkylation sites (tertiary alicyclic amines) is 1. The van der Waals surface area contributed by atoms with Gasteiger partial charge in [-0.25, -0.2) is 0 Å². The molecule has 1 atom stereocenters. The molecule has 1 aromatic rings. The Kier molecular flexibility index (Phi) is 5.11. The van der Waals surface area contributed by atoms with Crippen LogP contribution >= 0.6 is 0 Å². The van der Waals surface area contributed by atoms with Crippen molar-refractivity contribution in [3.8, 4) is 0 Å². The van der Waals surface area contributed by atoms with Crippen LogP contribution in [0.2, 0.25) is 0 Å². The standard InChI is InChI=1S/C23H30N4O3/c28-19-7-6-18(21(29)25-19)27-15-17-5-3-4-16(20(17)22(27)30)14-26-12-9-23(10-13-26)8-1-2-11-24-23/h3-5,18,24H,1-2,6-15H2,(H,25,28,29). The predicted molar refractivity (Wildman–Crippen MR) is 112 cm³/mol. The summed E-state index contributed by atoms with van der Waals surface area (Å²) in [4.78, 5) is 41.1. The number of hydrogen-bond donors (Lipinski definition) is 2. The van der Waals surface area contributed by atoms with Crippen molar-refractivity contribution < 1.29 is 14.4 Å². The molecule has 3 fully saturated rings. The van der Waals surface area contributed by atoms with Gasteiger partial charge in [0.2, 0.25) is 11.8 Å². The van der Waals surface area contributed by atoms with Crippen molar-refractivity contribution in [3.63, 3.8) is 0 Å². The molecule has 2 N–H and O–H groups in total. The first-order valence-corrected chi connectivity index (χ1v) is 11.3. The fraction of sp³-hybridized carbons (Fsp3) is 0.609. The summed E-state index contributed by atoms with van der Waals surface area (Å²) in [5.74, 6) is -0.677. The lowest BCUT2D eigenvalue weighted by atomic mass is 9.80. The van der Waals surface area contributed by atoms with E-state index in [0.717, 1.165) is 42.9 Å². The van der Waals surface area contributed by atoms with E-state index < -0.39 is 6.04 Å². The van der Waals surface area contributed by atoms with Gasteiger partial charge in [0.15, 0.2) is 0 Å². The third-order valence-electron chi connectivity index (χ3n) is 7.43. The van der Waals surface area contributed by atoms with Crippen molar-refractivity contribution in [1.29, 1.82) is 0 Å². The Balaban J connectivity index is 1.28. The Labute approximate surface area is 177 Å². The first kappa shape index (κ1) is 19.7. The molecule has 0 saturated carbocycles. The van der Waals surface area contributed by atoms with E-state index in [9.17, 15) is 14.4 Å². The number of hydrogen-bond acceptors (Lipinski definition) is 5. The number of piperidine rings is 3. The maximum Gasteiger partial charge on any atom is 0.255 e. The molecule has 0 aliphatic carbocycles. The Morgan fingerprint density at radius 2 is 1.90 bits per heavy atom. The number of nitrogens with zero attached hydrogens (tertiary/aromatic N) is 2. The highest BCUT2D eigenvalue weighted by Crippen LogP contribution is 2.33. The number of carbonyl (C=O) groups excluding carboxylic acids is 3. The number of amides is 3. The van der Waals surface area contributed by atoms with Gasteiger partial charge in [0.1, 0.15) is 6.04 Å². The van der Waals surface area contributed by atoms with E-state index in [1.54, 1.807) is 4.90 Å². The summed E-state index contributed by atoms with van der Waals surface area (Å²) in [6, 6.07) is 5.50. The average molecular weight is 411 g/mol. The summed E-state index contributed by atoms with van der Waals surface area (Å²) in [6.45, 7) is 4.44. The van der Waals surface area contributed by atoms with Gasteiger partial charge in [0.25, 0.3) is 5.91 Å². The first-order chi connectivity index (χ1) is 14.5. The fourth-order valence-electron chi connectivity index (χ4n) is 5.66. The molecule has 1 spiro atoms. The molecule has 4 aliphatic heterocycles. The normalized spacial score (nSPS) is 26.7. The molecule has 160 valence electrons. The molecular formula is C23H30N4O3. The van der Waals surface area contributed by atoms with Gasteiger partial charge in [0.05, 0.1) is 0 Å². The van der Waals surface area contributed by atoms with Crippen molar-refractivity contribution >= 4 is 17.7 Å². The van der Waals surface area contributed by atoms with Crippen LogP contribution in [0.15, 0.2) is 18.2 Å². The van der Waals surface area contributed by atoms with Gasteiger partial charge in [-0.2, -0.15) is 0 Å². The van der Waals surface area contributed by atoms with Crippen LogP contribution in [-0.4, -0.2) is 58.7 Å². The highest BCUT2D eigenvalue weighted by molar-refractivity contribution is 6.05. The van der Waals surface area contributed by atoms with Crippen LogP contribution < -0.4 is 10.6 Å². The van der Waals surface area contributed by atoms with E-state index in [2.05, 4.69) is 15.5 Å². The molecule has 4 aliphatic rings. The molecule has 1 unspecified atom stereocenters. The highest BCUT2D eigenvalue weighted by Gasteiger charge is 2.40. The maximum atomic E-state index is 13.3. The van der Waals surface area contributed by atoms with Crippen molar-refractivity contribution in [1.82, 2.24) is 20.4 Å². The number of imide groups is 1. The Morgan fingerprint density at radius 3 is 2.63 bits per heavy atom. The van der Waals surface area contributed by atoms with Crippen LogP contribution in [0.5, 0.6) is 0 Å². The summed E-state index contributed by atoms with van der Waals surface area (Å²) >= 11 is 0. The molecule has 0 bridgehead atoms. The summed E-state index contributed by atoms with van der Waals surface area (Å²) in [5.41, 5.74) is 3.13. The Bertz CT molecular complexity index is 867. The van der Waals surface area contributed by atoms with Crippen LogP contribution in [0.3, 0.4) is 0 Å². The quantitative estimate of drug-likeness (QED) is 0.739. The monoisotopic (exact) mass is 410 g/mol. The zero-order valence-electron chi connectivity index (χ0n) is 17.4. The van der Waals surface area contributed by atoms with Crippen LogP contribution in [0, 0.1) is 0 Å². The van der Waals surface area contributed by atoms with Crippen LogP contribution in [0.4, 0.5) is 0 Å². The van der Waals surface area contributed by atoms with E-state index in [4.69, 9.17) is 0 Å². The lowest BCUT2D eigenvalue weighted by Gasteiger charge is -2.45. The molecule has 3 amide bonds. The second kappa shape index (κ2) is 7.78. The Morgan fingerprint density at radius 1 is 1.07 bits per heavy atom. The maximum absolute atomic E-state index is 13.3. The minimum atomic E-state index is -0.553. The van der Waals surface area contributed by atoms with Crippen molar-refractivity contribution in [2.75, 3.05) is 19.6 Å².